The van der Waals surface area contributed by atoms with Gasteiger partial charge in [-0.15, -0.1) is 0 Å². The number of hydrogen-bond donors (Lipinski definition) is 2. The first-order valence-corrected chi connectivity index (χ1v) is 6.96. The highest BCUT2D eigenvalue weighted by molar-refractivity contribution is 6.32. The van der Waals surface area contributed by atoms with Crippen molar-refractivity contribution in [2.24, 2.45) is 5.73 Å². The van der Waals surface area contributed by atoms with Gasteiger partial charge in [-0.1, -0.05) is 54.1 Å². The van der Waals surface area contributed by atoms with Gasteiger partial charge in [-0.2, -0.15) is 0 Å². The number of ether oxygens (including phenoxy) is 1. The monoisotopic (exact) mass is 318 g/mol. The van der Waals surface area contributed by atoms with Crippen LogP contribution in [0.15, 0.2) is 54.6 Å². The van der Waals surface area contributed by atoms with Crippen LogP contribution in [-0.2, 0) is 9.59 Å². The van der Waals surface area contributed by atoms with Crippen LogP contribution in [0.2, 0.25) is 5.02 Å². The number of nitrogens with two attached hydrogens (primary N) is 1. The van der Waals surface area contributed by atoms with Crippen LogP contribution >= 0.6 is 11.6 Å². The topological polar surface area (TPSA) is 81.4 Å². The molecule has 0 radical (unpaired) electrons. The predicted octanol–water partition coefficient (Wildman–Crippen LogP) is 2.06. The quantitative estimate of drug-likeness (QED) is 0.855. The molecule has 22 heavy (non-hydrogen) atoms. The molecule has 3 N–H and O–H groups in total. The molecule has 1 atom stereocenters. The molecule has 0 aliphatic carbocycles. The highest BCUT2D eigenvalue weighted by Crippen LogP contribution is 2.22. The molecule has 0 fully saturated rings. The Morgan fingerprint density at radius 2 is 1.73 bits per heavy atom. The van der Waals surface area contributed by atoms with E-state index in [1.807, 2.05) is 6.07 Å². The fraction of sp³-hybridized carbons (Fsp3) is 0.125. The molecule has 0 saturated heterocycles. The van der Waals surface area contributed by atoms with Crippen LogP contribution in [0, 0.1) is 0 Å². The van der Waals surface area contributed by atoms with E-state index < -0.39 is 17.9 Å². The third-order valence-electron chi connectivity index (χ3n) is 2.92. The molecule has 0 unspecified atom stereocenters. The lowest BCUT2D eigenvalue weighted by Gasteiger charge is -2.16. The van der Waals surface area contributed by atoms with Gasteiger partial charge in [-0.25, -0.2) is 0 Å². The van der Waals surface area contributed by atoms with Crippen LogP contribution in [0.5, 0.6) is 5.75 Å². The first-order chi connectivity index (χ1) is 10.6. The molecular formula is C16H15ClN2O3. The summed E-state index contributed by atoms with van der Waals surface area (Å²) in [5.74, 6) is -0.709. The summed E-state index contributed by atoms with van der Waals surface area (Å²) in [6, 6.07) is 14.7. The van der Waals surface area contributed by atoms with Gasteiger partial charge in [-0.05, 0) is 17.7 Å². The standard InChI is InChI=1S/C16H15ClN2O3/c17-12-8-4-5-9-13(12)22-10-14(20)19-15(16(18)21)11-6-2-1-3-7-11/h1-9,15H,10H2,(H2,18,21)(H,19,20)/t15-/m1/s1. The number of rotatable bonds is 6. The van der Waals surface area contributed by atoms with Gasteiger partial charge < -0.3 is 15.8 Å². The van der Waals surface area contributed by atoms with Crippen molar-refractivity contribution >= 4 is 23.4 Å². The highest BCUT2D eigenvalue weighted by Gasteiger charge is 2.20. The number of benzene rings is 2. The Labute approximate surface area is 133 Å². The number of carbonyl (C=O) groups is 2. The molecule has 2 rings (SSSR count). The number of amides is 2. The Bertz CT molecular complexity index is 661. The average Bonchev–Trinajstić information content (AvgIpc) is 2.52. The summed E-state index contributed by atoms with van der Waals surface area (Å²) >= 11 is 5.93. The third-order valence-corrected chi connectivity index (χ3v) is 3.23. The molecule has 0 spiro atoms. The Morgan fingerprint density at radius 1 is 1.09 bits per heavy atom. The van der Waals surface area contributed by atoms with Gasteiger partial charge in [0.25, 0.3) is 5.91 Å². The van der Waals surface area contributed by atoms with Gasteiger partial charge in [0.05, 0.1) is 5.02 Å². The van der Waals surface area contributed by atoms with Gasteiger partial charge in [-0.3, -0.25) is 9.59 Å². The number of halogens is 1. The van der Waals surface area contributed by atoms with E-state index in [9.17, 15) is 9.59 Å². The van der Waals surface area contributed by atoms with Gasteiger partial charge in [0, 0.05) is 0 Å². The van der Waals surface area contributed by atoms with Crippen LogP contribution < -0.4 is 15.8 Å². The zero-order chi connectivity index (χ0) is 15.9. The zero-order valence-electron chi connectivity index (χ0n) is 11.7. The van der Waals surface area contributed by atoms with Crippen molar-refractivity contribution in [2.45, 2.75) is 6.04 Å². The average molecular weight is 319 g/mol. The molecule has 2 aromatic carbocycles. The van der Waals surface area contributed by atoms with E-state index in [0.717, 1.165) is 0 Å². The van der Waals surface area contributed by atoms with Gasteiger partial charge in [0.1, 0.15) is 11.8 Å². The summed E-state index contributed by atoms with van der Waals surface area (Å²) in [5.41, 5.74) is 5.94. The minimum Gasteiger partial charge on any atom is -0.482 e. The molecule has 114 valence electrons. The molecule has 0 bridgehead atoms. The van der Waals surface area contributed by atoms with Crippen molar-refractivity contribution < 1.29 is 14.3 Å². The molecule has 0 heterocycles. The van der Waals surface area contributed by atoms with Crippen LogP contribution in [0.3, 0.4) is 0 Å². The van der Waals surface area contributed by atoms with Crippen molar-refractivity contribution in [2.75, 3.05) is 6.61 Å². The number of para-hydroxylation sites is 1. The third kappa shape index (κ3) is 4.23. The Hall–Kier alpha value is -2.53. The summed E-state index contributed by atoms with van der Waals surface area (Å²) in [4.78, 5) is 23.4. The number of hydrogen-bond acceptors (Lipinski definition) is 3. The van der Waals surface area contributed by atoms with Crippen LogP contribution in [0.25, 0.3) is 0 Å². The van der Waals surface area contributed by atoms with Crippen molar-refractivity contribution in [3.63, 3.8) is 0 Å². The van der Waals surface area contributed by atoms with Gasteiger partial charge >= 0.3 is 0 Å². The smallest absolute Gasteiger partial charge is 0.258 e. The summed E-state index contributed by atoms with van der Waals surface area (Å²) in [7, 11) is 0. The summed E-state index contributed by atoms with van der Waals surface area (Å²) in [6.45, 7) is -0.264. The maximum absolute atomic E-state index is 11.9. The molecule has 5 nitrogen and oxygen atoms in total. The lowest BCUT2D eigenvalue weighted by atomic mass is 10.1. The number of primary amides is 1. The van der Waals surface area contributed by atoms with E-state index >= 15 is 0 Å². The number of nitrogens with one attached hydrogen (secondary N) is 1. The van der Waals surface area contributed by atoms with Crippen molar-refractivity contribution in [3.05, 3.63) is 65.2 Å². The summed E-state index contributed by atoms with van der Waals surface area (Å²) < 4.78 is 5.32. The maximum atomic E-state index is 11.9. The first kappa shape index (κ1) is 15.9. The van der Waals surface area contributed by atoms with Crippen molar-refractivity contribution in [1.82, 2.24) is 5.32 Å². The molecular weight excluding hydrogens is 304 g/mol. The molecule has 0 aromatic heterocycles. The molecule has 6 heteroatoms. The molecule has 2 aromatic rings. The van der Waals surface area contributed by atoms with E-state index in [2.05, 4.69) is 5.32 Å². The van der Waals surface area contributed by atoms with E-state index in [1.54, 1.807) is 48.5 Å². The summed E-state index contributed by atoms with van der Waals surface area (Å²) in [6.07, 6.45) is 0. The number of carbonyl (C=O) groups excluding carboxylic acids is 2. The largest absolute Gasteiger partial charge is 0.482 e. The Morgan fingerprint density at radius 3 is 2.36 bits per heavy atom. The lowest BCUT2D eigenvalue weighted by molar-refractivity contribution is -0.128. The SMILES string of the molecule is NC(=O)[C@H](NC(=O)COc1ccccc1Cl)c1ccccc1. The minimum atomic E-state index is -0.899. The second-order valence-electron chi connectivity index (χ2n) is 4.53. The van der Waals surface area contributed by atoms with E-state index in [1.165, 1.54) is 0 Å². The van der Waals surface area contributed by atoms with E-state index in [4.69, 9.17) is 22.1 Å². The summed E-state index contributed by atoms with van der Waals surface area (Å²) in [5, 5.41) is 2.95. The van der Waals surface area contributed by atoms with E-state index in [0.29, 0.717) is 16.3 Å². The Kier molecular flexibility index (Phi) is 5.38. The second-order valence-corrected chi connectivity index (χ2v) is 4.94. The molecule has 0 saturated carbocycles. The normalized spacial score (nSPS) is 11.5. The highest BCUT2D eigenvalue weighted by atomic mass is 35.5. The Balaban J connectivity index is 1.98. The van der Waals surface area contributed by atoms with Crippen molar-refractivity contribution in [1.29, 1.82) is 0 Å². The van der Waals surface area contributed by atoms with Gasteiger partial charge in [0.15, 0.2) is 6.61 Å². The fourth-order valence-electron chi connectivity index (χ4n) is 1.87. The molecule has 0 aliphatic rings. The van der Waals surface area contributed by atoms with Crippen LogP contribution in [0.4, 0.5) is 0 Å². The van der Waals surface area contributed by atoms with Crippen LogP contribution in [0.1, 0.15) is 11.6 Å². The van der Waals surface area contributed by atoms with Gasteiger partial charge in [0.2, 0.25) is 5.91 Å². The van der Waals surface area contributed by atoms with Crippen LogP contribution in [-0.4, -0.2) is 18.4 Å². The maximum Gasteiger partial charge on any atom is 0.258 e. The minimum absolute atomic E-state index is 0.264. The molecule has 2 amide bonds. The second kappa shape index (κ2) is 7.47. The van der Waals surface area contributed by atoms with Crippen molar-refractivity contribution in [3.8, 4) is 5.75 Å². The lowest BCUT2D eigenvalue weighted by Crippen LogP contribution is -2.39. The fourth-order valence-corrected chi connectivity index (χ4v) is 2.06. The first-order valence-electron chi connectivity index (χ1n) is 6.59. The molecule has 0 aliphatic heterocycles. The van der Waals surface area contributed by atoms with E-state index in [-0.39, 0.29) is 6.61 Å². The zero-order valence-corrected chi connectivity index (χ0v) is 12.4. The predicted molar refractivity (Wildman–Crippen MR) is 83.5 cm³/mol.